The normalized spacial score (nSPS) is 13.7. The summed E-state index contributed by atoms with van der Waals surface area (Å²) in [7, 11) is 3.13. The zero-order valence-electron chi connectivity index (χ0n) is 17.7. The lowest BCUT2D eigenvalue weighted by molar-refractivity contribution is -0.156. The lowest BCUT2D eigenvalue weighted by Crippen LogP contribution is -2.54. The van der Waals surface area contributed by atoms with Crippen LogP contribution in [0.1, 0.15) is 17.5 Å². The van der Waals surface area contributed by atoms with Gasteiger partial charge < -0.3 is 24.0 Å². The largest absolute Gasteiger partial charge is 0.497 e. The summed E-state index contributed by atoms with van der Waals surface area (Å²) < 4.78 is 16.2. The Bertz CT molecular complexity index is 985. The molecule has 3 rings (SSSR count). The number of amides is 2. The van der Waals surface area contributed by atoms with E-state index in [1.165, 1.54) is 4.90 Å². The highest BCUT2D eigenvalue weighted by Gasteiger charge is 2.32. The highest BCUT2D eigenvalue weighted by molar-refractivity contribution is 6.35. The molecule has 2 aromatic carbocycles. The number of nitriles is 1. The first-order valence-electron chi connectivity index (χ1n) is 9.97. The Labute approximate surface area is 181 Å². The third-order valence-electron chi connectivity index (χ3n) is 5.06. The van der Waals surface area contributed by atoms with Gasteiger partial charge in [0.1, 0.15) is 17.2 Å². The molecule has 0 saturated carbocycles. The van der Waals surface area contributed by atoms with Crippen molar-refractivity contribution in [3.63, 3.8) is 0 Å². The third-order valence-corrected chi connectivity index (χ3v) is 5.06. The van der Waals surface area contributed by atoms with E-state index in [1.807, 2.05) is 6.07 Å². The molecule has 1 aliphatic rings. The quantitative estimate of drug-likeness (QED) is 0.454. The molecule has 1 saturated heterocycles. The van der Waals surface area contributed by atoms with E-state index in [1.54, 1.807) is 55.5 Å². The summed E-state index contributed by atoms with van der Waals surface area (Å²) >= 11 is 0. The lowest BCUT2D eigenvalue weighted by Gasteiger charge is -2.34. The van der Waals surface area contributed by atoms with Crippen LogP contribution in [-0.4, -0.2) is 62.1 Å². The van der Waals surface area contributed by atoms with E-state index in [-0.39, 0.29) is 0 Å². The number of hydrogen-bond acceptors (Lipinski definition) is 6. The van der Waals surface area contributed by atoms with Crippen molar-refractivity contribution in [3.05, 3.63) is 53.6 Å². The fourth-order valence-electron chi connectivity index (χ4n) is 3.37. The van der Waals surface area contributed by atoms with Crippen LogP contribution in [0.15, 0.2) is 42.5 Å². The smallest absolute Gasteiger partial charge is 0.312 e. The predicted octanol–water partition coefficient (Wildman–Crippen LogP) is 2.22. The molecule has 2 amide bonds. The number of piperazine rings is 1. The highest BCUT2D eigenvalue weighted by Crippen LogP contribution is 2.26. The Balaban J connectivity index is 1.50. The van der Waals surface area contributed by atoms with Gasteiger partial charge in [-0.1, -0.05) is 6.07 Å². The standard InChI is InChI=1S/C23H25N3O5/c1-29-19-8-7-18(21(14-19)30-2)16-26-11-10-25(22(27)23(26)28)9-4-12-31-20-6-3-5-17(13-20)15-24/h3,5-8,13-14H,4,9-12,16H2,1-2H3. The van der Waals surface area contributed by atoms with Crippen LogP contribution in [0, 0.1) is 11.3 Å². The average molecular weight is 423 g/mol. The van der Waals surface area contributed by atoms with Crippen LogP contribution in [0.2, 0.25) is 0 Å². The van der Waals surface area contributed by atoms with Crippen molar-refractivity contribution in [2.75, 3.05) is 40.5 Å². The molecule has 0 unspecified atom stereocenters. The highest BCUT2D eigenvalue weighted by atomic mass is 16.5. The molecule has 0 bridgehead atoms. The number of rotatable bonds is 9. The van der Waals surface area contributed by atoms with Gasteiger partial charge in [0.2, 0.25) is 0 Å². The molecule has 0 atom stereocenters. The molecule has 8 heteroatoms. The third kappa shape index (κ3) is 5.45. The van der Waals surface area contributed by atoms with Gasteiger partial charge in [-0.05, 0) is 36.8 Å². The Hall–Kier alpha value is -3.73. The average Bonchev–Trinajstić information content (AvgIpc) is 2.81. The number of hydrogen-bond donors (Lipinski definition) is 0. The summed E-state index contributed by atoms with van der Waals surface area (Å²) in [5.41, 5.74) is 1.34. The fraction of sp³-hybridized carbons (Fsp3) is 0.348. The number of nitrogens with zero attached hydrogens (tertiary/aromatic N) is 3. The fourth-order valence-corrected chi connectivity index (χ4v) is 3.37. The van der Waals surface area contributed by atoms with Gasteiger partial charge in [0.25, 0.3) is 0 Å². The van der Waals surface area contributed by atoms with Crippen LogP contribution in [0.4, 0.5) is 0 Å². The maximum absolute atomic E-state index is 12.6. The van der Waals surface area contributed by atoms with Crippen molar-refractivity contribution >= 4 is 11.8 Å². The summed E-state index contributed by atoms with van der Waals surface area (Å²) in [6, 6.07) is 14.4. The zero-order valence-corrected chi connectivity index (χ0v) is 17.7. The van der Waals surface area contributed by atoms with E-state index in [9.17, 15) is 9.59 Å². The molecular weight excluding hydrogens is 398 g/mol. The van der Waals surface area contributed by atoms with Crippen molar-refractivity contribution in [2.45, 2.75) is 13.0 Å². The summed E-state index contributed by atoms with van der Waals surface area (Å²) in [5, 5.41) is 8.93. The number of methoxy groups -OCH3 is 2. The van der Waals surface area contributed by atoms with Gasteiger partial charge in [-0.2, -0.15) is 5.26 Å². The van der Waals surface area contributed by atoms with Gasteiger partial charge in [-0.15, -0.1) is 0 Å². The molecule has 2 aromatic rings. The van der Waals surface area contributed by atoms with E-state index < -0.39 is 11.8 Å². The summed E-state index contributed by atoms with van der Waals surface area (Å²) in [6.07, 6.45) is 0.585. The van der Waals surface area contributed by atoms with Crippen LogP contribution in [0.25, 0.3) is 0 Å². The Morgan fingerprint density at radius 1 is 0.968 bits per heavy atom. The minimum Gasteiger partial charge on any atom is -0.497 e. The molecule has 1 fully saturated rings. The SMILES string of the molecule is COc1ccc(CN2CCN(CCCOc3cccc(C#N)c3)C(=O)C2=O)c(OC)c1. The van der Waals surface area contributed by atoms with E-state index >= 15 is 0 Å². The molecule has 0 aromatic heterocycles. The first kappa shape index (κ1) is 22.0. The van der Waals surface area contributed by atoms with Crippen LogP contribution >= 0.6 is 0 Å². The monoisotopic (exact) mass is 423 g/mol. The molecule has 1 heterocycles. The minimum absolute atomic E-state index is 0.296. The van der Waals surface area contributed by atoms with Gasteiger partial charge in [-0.25, -0.2) is 0 Å². The van der Waals surface area contributed by atoms with Gasteiger partial charge in [-0.3, -0.25) is 9.59 Å². The first-order chi connectivity index (χ1) is 15.0. The van der Waals surface area contributed by atoms with Crippen LogP contribution in [-0.2, 0) is 16.1 Å². The number of ether oxygens (including phenoxy) is 3. The summed E-state index contributed by atoms with van der Waals surface area (Å²) in [5.74, 6) is 0.853. The van der Waals surface area contributed by atoms with E-state index in [0.29, 0.717) is 62.0 Å². The first-order valence-corrected chi connectivity index (χ1v) is 9.97. The molecular formula is C23H25N3O5. The summed E-state index contributed by atoms with van der Waals surface area (Å²) in [6.45, 7) is 2.03. The maximum atomic E-state index is 12.6. The Morgan fingerprint density at radius 3 is 2.48 bits per heavy atom. The van der Waals surface area contributed by atoms with Crippen LogP contribution in [0.3, 0.4) is 0 Å². The minimum atomic E-state index is -0.522. The predicted molar refractivity (Wildman–Crippen MR) is 113 cm³/mol. The van der Waals surface area contributed by atoms with Crippen molar-refractivity contribution in [3.8, 4) is 23.3 Å². The van der Waals surface area contributed by atoms with Crippen molar-refractivity contribution in [2.24, 2.45) is 0 Å². The molecule has 0 radical (unpaired) electrons. The van der Waals surface area contributed by atoms with Crippen molar-refractivity contribution in [1.29, 1.82) is 5.26 Å². The van der Waals surface area contributed by atoms with Gasteiger partial charge in [0.15, 0.2) is 0 Å². The van der Waals surface area contributed by atoms with Crippen molar-refractivity contribution < 1.29 is 23.8 Å². The molecule has 162 valence electrons. The van der Waals surface area contributed by atoms with Gasteiger partial charge in [0, 0.05) is 37.8 Å². The van der Waals surface area contributed by atoms with E-state index in [0.717, 1.165) is 5.56 Å². The molecule has 31 heavy (non-hydrogen) atoms. The topological polar surface area (TPSA) is 92.1 Å². The summed E-state index contributed by atoms with van der Waals surface area (Å²) in [4.78, 5) is 28.2. The number of carbonyl (C=O) groups is 2. The molecule has 0 N–H and O–H groups in total. The molecule has 0 aliphatic carbocycles. The zero-order chi connectivity index (χ0) is 22.2. The Kier molecular flexibility index (Phi) is 7.33. The second-order valence-electron chi connectivity index (χ2n) is 7.04. The molecule has 8 nitrogen and oxygen atoms in total. The van der Waals surface area contributed by atoms with E-state index in [2.05, 4.69) is 6.07 Å². The maximum Gasteiger partial charge on any atom is 0.312 e. The van der Waals surface area contributed by atoms with E-state index in [4.69, 9.17) is 19.5 Å². The van der Waals surface area contributed by atoms with Crippen molar-refractivity contribution in [1.82, 2.24) is 9.80 Å². The number of benzene rings is 2. The molecule has 1 aliphatic heterocycles. The van der Waals surface area contributed by atoms with Crippen LogP contribution in [0.5, 0.6) is 17.2 Å². The van der Waals surface area contributed by atoms with Gasteiger partial charge in [0.05, 0.1) is 32.5 Å². The lowest BCUT2D eigenvalue weighted by atomic mass is 10.1. The van der Waals surface area contributed by atoms with Crippen LogP contribution < -0.4 is 14.2 Å². The number of carbonyl (C=O) groups excluding carboxylic acids is 2. The molecule has 0 spiro atoms. The Morgan fingerprint density at radius 2 is 1.74 bits per heavy atom. The second kappa shape index (κ2) is 10.3. The second-order valence-corrected chi connectivity index (χ2v) is 7.04. The van der Waals surface area contributed by atoms with Gasteiger partial charge >= 0.3 is 11.8 Å².